The molecule has 7 heteroatoms. The summed E-state index contributed by atoms with van der Waals surface area (Å²) in [5.41, 5.74) is 2.81. The molecule has 0 radical (unpaired) electrons. The summed E-state index contributed by atoms with van der Waals surface area (Å²) in [4.78, 5) is 18.9. The summed E-state index contributed by atoms with van der Waals surface area (Å²) in [5, 5.41) is 9.38. The van der Waals surface area contributed by atoms with Crippen molar-refractivity contribution in [3.63, 3.8) is 0 Å². The molecule has 0 aliphatic rings. The highest BCUT2D eigenvalue weighted by atomic mass is 16.5. The van der Waals surface area contributed by atoms with Gasteiger partial charge in [-0.05, 0) is 25.1 Å². The Morgan fingerprint density at radius 2 is 1.96 bits per heavy atom. The van der Waals surface area contributed by atoms with E-state index in [1.54, 1.807) is 13.1 Å². The van der Waals surface area contributed by atoms with Crippen LogP contribution in [-0.4, -0.2) is 39.2 Å². The van der Waals surface area contributed by atoms with E-state index in [1.165, 1.54) is 0 Å². The Morgan fingerprint density at radius 3 is 2.81 bits per heavy atom. The van der Waals surface area contributed by atoms with Gasteiger partial charge < -0.3 is 9.64 Å². The van der Waals surface area contributed by atoms with Crippen molar-refractivity contribution in [2.45, 2.75) is 13.5 Å². The summed E-state index contributed by atoms with van der Waals surface area (Å²) in [6, 6.07) is 13.5. The molecule has 0 unspecified atom stereocenters. The van der Waals surface area contributed by atoms with Gasteiger partial charge in [-0.15, -0.1) is 10.2 Å². The van der Waals surface area contributed by atoms with Crippen molar-refractivity contribution >= 4 is 28.2 Å². The minimum atomic E-state index is -0.385. The topological polar surface area (TPSA) is 72.6 Å². The van der Waals surface area contributed by atoms with Crippen LogP contribution in [0.3, 0.4) is 0 Å². The van der Waals surface area contributed by atoms with Crippen molar-refractivity contribution in [2.75, 3.05) is 18.6 Å². The molecule has 3 aromatic heterocycles. The molecule has 0 atom stereocenters. The number of para-hydroxylation sites is 1. The van der Waals surface area contributed by atoms with E-state index < -0.39 is 0 Å². The molecule has 0 saturated carbocycles. The summed E-state index contributed by atoms with van der Waals surface area (Å²) in [7, 11) is 1.93. The quantitative estimate of drug-likeness (QED) is 0.509. The second kappa shape index (κ2) is 7.03. The van der Waals surface area contributed by atoms with Crippen molar-refractivity contribution < 1.29 is 9.53 Å². The van der Waals surface area contributed by atoms with Crippen molar-refractivity contribution in [1.82, 2.24) is 19.6 Å². The Morgan fingerprint density at radius 1 is 1.15 bits per heavy atom. The van der Waals surface area contributed by atoms with Crippen LogP contribution in [0.5, 0.6) is 0 Å². The summed E-state index contributed by atoms with van der Waals surface area (Å²) < 4.78 is 7.17. The molecule has 3 heterocycles. The van der Waals surface area contributed by atoms with Crippen LogP contribution >= 0.6 is 0 Å². The van der Waals surface area contributed by atoms with Gasteiger partial charge in [-0.2, -0.15) is 0 Å². The summed E-state index contributed by atoms with van der Waals surface area (Å²) in [5.74, 6) is 0.396. The van der Waals surface area contributed by atoms with Gasteiger partial charge in [0.15, 0.2) is 11.5 Å². The Labute approximate surface area is 156 Å². The molecule has 27 heavy (non-hydrogen) atoms. The van der Waals surface area contributed by atoms with Crippen molar-refractivity contribution in [2.24, 2.45) is 0 Å². The number of hydrogen-bond donors (Lipinski definition) is 0. The highest BCUT2D eigenvalue weighted by molar-refractivity contribution is 6.05. The zero-order valence-corrected chi connectivity index (χ0v) is 15.2. The maximum atomic E-state index is 12.5. The van der Waals surface area contributed by atoms with Gasteiger partial charge in [0.2, 0.25) is 0 Å². The molecule has 0 aliphatic heterocycles. The first-order chi connectivity index (χ1) is 13.2. The number of anilines is 1. The third kappa shape index (κ3) is 3.08. The monoisotopic (exact) mass is 361 g/mol. The molecular formula is C20H19N5O2. The normalized spacial score (nSPS) is 11.0. The van der Waals surface area contributed by atoms with Crippen LogP contribution in [0.1, 0.15) is 23.1 Å². The molecule has 0 N–H and O–H groups in total. The van der Waals surface area contributed by atoms with E-state index in [9.17, 15) is 4.79 Å². The van der Waals surface area contributed by atoms with Gasteiger partial charge >= 0.3 is 5.97 Å². The number of carbonyl (C=O) groups excluding carboxylic acids is 1. The third-order valence-electron chi connectivity index (χ3n) is 4.39. The first-order valence-corrected chi connectivity index (χ1v) is 8.73. The predicted molar refractivity (Wildman–Crippen MR) is 103 cm³/mol. The second-order valence-corrected chi connectivity index (χ2v) is 6.16. The molecule has 0 amide bonds. The van der Waals surface area contributed by atoms with E-state index in [2.05, 4.69) is 15.2 Å². The molecule has 136 valence electrons. The number of benzene rings is 1. The smallest absolute Gasteiger partial charge is 0.341 e. The largest absolute Gasteiger partial charge is 0.462 e. The van der Waals surface area contributed by atoms with E-state index in [1.807, 2.05) is 65.0 Å². The maximum Gasteiger partial charge on any atom is 0.341 e. The van der Waals surface area contributed by atoms with Gasteiger partial charge in [0.25, 0.3) is 0 Å². The van der Waals surface area contributed by atoms with Crippen LogP contribution in [0, 0.1) is 0 Å². The van der Waals surface area contributed by atoms with Crippen LogP contribution < -0.4 is 4.90 Å². The lowest BCUT2D eigenvalue weighted by Gasteiger charge is -2.22. The molecule has 0 aliphatic carbocycles. The molecule has 0 saturated heterocycles. The zero-order valence-electron chi connectivity index (χ0n) is 15.2. The van der Waals surface area contributed by atoms with Crippen LogP contribution in [-0.2, 0) is 11.3 Å². The number of rotatable bonds is 5. The average molecular weight is 361 g/mol. The van der Waals surface area contributed by atoms with Crippen LogP contribution in [0.4, 0.5) is 5.69 Å². The molecule has 0 spiro atoms. The highest BCUT2D eigenvalue weighted by Gasteiger charge is 2.20. The Kier molecular flexibility index (Phi) is 4.42. The fraction of sp³-hybridized carbons (Fsp3) is 0.200. The number of nitrogens with zero attached hydrogens (tertiary/aromatic N) is 5. The van der Waals surface area contributed by atoms with Crippen molar-refractivity contribution in [1.29, 1.82) is 0 Å². The highest BCUT2D eigenvalue weighted by Crippen LogP contribution is 2.30. The first kappa shape index (κ1) is 17.0. The molecular weight excluding hydrogens is 342 g/mol. The lowest BCUT2D eigenvalue weighted by molar-refractivity contribution is 0.0527. The predicted octanol–water partition coefficient (Wildman–Crippen LogP) is 3.09. The molecule has 0 bridgehead atoms. The summed E-state index contributed by atoms with van der Waals surface area (Å²) in [6.45, 7) is 2.58. The number of esters is 1. The van der Waals surface area contributed by atoms with Gasteiger partial charge in [-0.3, -0.25) is 9.38 Å². The molecule has 7 nitrogen and oxygen atoms in total. The van der Waals surface area contributed by atoms with E-state index in [0.717, 1.165) is 28.1 Å². The number of carbonyl (C=O) groups is 1. The minimum Gasteiger partial charge on any atom is -0.462 e. The van der Waals surface area contributed by atoms with Crippen molar-refractivity contribution in [3.05, 3.63) is 66.2 Å². The number of aromatic nitrogens is 4. The fourth-order valence-corrected chi connectivity index (χ4v) is 3.19. The summed E-state index contributed by atoms with van der Waals surface area (Å²) >= 11 is 0. The number of ether oxygens (including phenoxy) is 1. The van der Waals surface area contributed by atoms with Crippen LogP contribution in [0.2, 0.25) is 0 Å². The van der Waals surface area contributed by atoms with Crippen LogP contribution in [0.15, 0.2) is 54.9 Å². The number of pyridine rings is 2. The zero-order chi connectivity index (χ0) is 18.8. The van der Waals surface area contributed by atoms with Gasteiger partial charge in [0.05, 0.1) is 24.4 Å². The van der Waals surface area contributed by atoms with Gasteiger partial charge in [-0.1, -0.05) is 24.3 Å². The van der Waals surface area contributed by atoms with Gasteiger partial charge in [0.1, 0.15) is 5.56 Å². The molecule has 0 fully saturated rings. The maximum absolute atomic E-state index is 12.5. The number of fused-ring (bicyclic) bond motifs is 2. The Hall–Kier alpha value is -3.48. The van der Waals surface area contributed by atoms with E-state index in [-0.39, 0.29) is 5.97 Å². The Balaban J connectivity index is 1.80. The fourth-order valence-electron chi connectivity index (χ4n) is 3.19. The SMILES string of the molecule is CCOC(=O)c1cnc2ccccc2c1N(C)Cc1nnc2ccccn12. The lowest BCUT2D eigenvalue weighted by atomic mass is 10.1. The third-order valence-corrected chi connectivity index (χ3v) is 4.39. The Bertz CT molecular complexity index is 1120. The average Bonchev–Trinajstić information content (AvgIpc) is 3.10. The second-order valence-electron chi connectivity index (χ2n) is 6.16. The molecule has 4 aromatic rings. The van der Waals surface area contributed by atoms with Crippen LogP contribution in [0.25, 0.3) is 16.6 Å². The molecule has 4 rings (SSSR count). The number of hydrogen-bond acceptors (Lipinski definition) is 6. The van der Waals surface area contributed by atoms with E-state index >= 15 is 0 Å². The minimum absolute atomic E-state index is 0.309. The summed E-state index contributed by atoms with van der Waals surface area (Å²) in [6.07, 6.45) is 3.50. The molecule has 1 aromatic carbocycles. The van der Waals surface area contributed by atoms with Gasteiger partial charge in [-0.25, -0.2) is 4.79 Å². The van der Waals surface area contributed by atoms with Crippen molar-refractivity contribution in [3.8, 4) is 0 Å². The standard InChI is InChI=1S/C20H19N5O2/c1-3-27-20(26)15-12-21-16-9-5-4-8-14(16)19(15)24(2)13-18-23-22-17-10-6-7-11-25(17)18/h4-12H,3,13H2,1-2H3. The first-order valence-electron chi connectivity index (χ1n) is 8.73. The van der Waals surface area contributed by atoms with E-state index in [4.69, 9.17) is 4.74 Å². The van der Waals surface area contributed by atoms with Gasteiger partial charge in [0, 0.05) is 24.8 Å². The lowest BCUT2D eigenvalue weighted by Crippen LogP contribution is -2.22. The van der Waals surface area contributed by atoms with E-state index in [0.29, 0.717) is 18.7 Å².